The molecule has 0 saturated carbocycles. The highest BCUT2D eigenvalue weighted by molar-refractivity contribution is 6.20. The Labute approximate surface area is 156 Å². The molecule has 0 unspecified atom stereocenters. The van der Waals surface area contributed by atoms with Crippen molar-refractivity contribution in [2.45, 2.75) is 20.0 Å². The Balaban J connectivity index is 1.87. The Bertz CT molecular complexity index is 1130. The first kappa shape index (κ1) is 18.0. The number of halogens is 3. The summed E-state index contributed by atoms with van der Waals surface area (Å²) in [6.45, 7) is 3.11. The van der Waals surface area contributed by atoms with Crippen LogP contribution in [0.15, 0.2) is 34.7 Å². The van der Waals surface area contributed by atoms with Crippen LogP contribution in [-0.2, 0) is 11.0 Å². The van der Waals surface area contributed by atoms with Gasteiger partial charge in [0.2, 0.25) is 17.4 Å². The lowest BCUT2D eigenvalue weighted by atomic mass is 10.1. The summed E-state index contributed by atoms with van der Waals surface area (Å²) in [4.78, 5) is 30.6. The Kier molecular flexibility index (Phi) is 3.91. The minimum Gasteiger partial charge on any atom is -0.430 e. The number of benzene rings is 1. The van der Waals surface area contributed by atoms with Gasteiger partial charge in [-0.1, -0.05) is 6.07 Å². The van der Waals surface area contributed by atoms with Crippen LogP contribution in [0.3, 0.4) is 0 Å². The second-order valence-corrected chi connectivity index (χ2v) is 6.55. The molecule has 0 bridgehead atoms. The number of rotatable bonds is 1. The Hall–Kier alpha value is -3.36. The number of amides is 2. The standard InChI is InChI=1S/C19H14F3N3O3/c1-9-6-10(2)23-17-14(9)15-16(28-17)18(27)25(8-13(26)24-15)12-5-3-4-11(7-12)19(20,21)22/h3-7H,8H2,1-2H3,(H,24,26). The summed E-state index contributed by atoms with van der Waals surface area (Å²) >= 11 is 0. The molecule has 0 fully saturated rings. The van der Waals surface area contributed by atoms with Gasteiger partial charge in [-0.15, -0.1) is 0 Å². The minimum absolute atomic E-state index is 0.0517. The van der Waals surface area contributed by atoms with Gasteiger partial charge in [-0.25, -0.2) is 4.98 Å². The van der Waals surface area contributed by atoms with Crippen molar-refractivity contribution < 1.29 is 27.2 Å². The van der Waals surface area contributed by atoms with E-state index in [1.807, 2.05) is 0 Å². The summed E-state index contributed by atoms with van der Waals surface area (Å²) in [5, 5.41) is 3.12. The van der Waals surface area contributed by atoms with E-state index in [1.165, 1.54) is 12.1 Å². The van der Waals surface area contributed by atoms with Gasteiger partial charge in [-0.05, 0) is 43.7 Å². The maximum atomic E-state index is 13.0. The van der Waals surface area contributed by atoms with Gasteiger partial charge in [0.15, 0.2) is 0 Å². The minimum atomic E-state index is -4.57. The lowest BCUT2D eigenvalue weighted by Crippen LogP contribution is -2.35. The van der Waals surface area contributed by atoms with Crippen LogP contribution in [0.4, 0.5) is 24.5 Å². The van der Waals surface area contributed by atoms with Crippen LogP contribution in [0.2, 0.25) is 0 Å². The van der Waals surface area contributed by atoms with Gasteiger partial charge in [-0.3, -0.25) is 14.5 Å². The lowest BCUT2D eigenvalue weighted by molar-refractivity contribution is -0.137. The number of alkyl halides is 3. The Morgan fingerprint density at radius 1 is 1.18 bits per heavy atom. The number of nitrogens with zero attached hydrogens (tertiary/aromatic N) is 2. The zero-order valence-electron chi connectivity index (χ0n) is 14.8. The molecule has 3 aromatic rings. The first-order valence-corrected chi connectivity index (χ1v) is 8.35. The normalized spacial score (nSPS) is 14.8. The lowest BCUT2D eigenvalue weighted by Gasteiger charge is -2.20. The van der Waals surface area contributed by atoms with E-state index < -0.39 is 30.1 Å². The zero-order valence-corrected chi connectivity index (χ0v) is 14.8. The van der Waals surface area contributed by atoms with E-state index in [2.05, 4.69) is 10.3 Å². The number of aryl methyl sites for hydroxylation is 2. The fraction of sp³-hybridized carbons (Fsp3) is 0.211. The highest BCUT2D eigenvalue weighted by Crippen LogP contribution is 2.37. The SMILES string of the molecule is Cc1cc(C)c2c3c(oc2n1)C(=O)N(c1cccc(C(F)(F)F)c1)CC(=O)N3. The third-order valence-corrected chi connectivity index (χ3v) is 4.48. The van der Waals surface area contributed by atoms with Crippen LogP contribution in [0.1, 0.15) is 27.4 Å². The van der Waals surface area contributed by atoms with Crippen molar-refractivity contribution >= 4 is 34.3 Å². The smallest absolute Gasteiger partial charge is 0.416 e. The van der Waals surface area contributed by atoms with Gasteiger partial charge < -0.3 is 9.73 Å². The van der Waals surface area contributed by atoms with Crippen molar-refractivity contribution in [2.75, 3.05) is 16.8 Å². The quantitative estimate of drug-likeness (QED) is 0.681. The number of hydrogen-bond donors (Lipinski definition) is 1. The molecule has 28 heavy (non-hydrogen) atoms. The van der Waals surface area contributed by atoms with Gasteiger partial charge in [0.1, 0.15) is 12.2 Å². The molecule has 4 rings (SSSR count). The number of aromatic nitrogens is 1. The van der Waals surface area contributed by atoms with Gasteiger partial charge >= 0.3 is 6.18 Å². The molecule has 1 aliphatic heterocycles. The van der Waals surface area contributed by atoms with Gasteiger partial charge in [0.05, 0.1) is 10.9 Å². The zero-order chi connectivity index (χ0) is 20.2. The number of hydrogen-bond acceptors (Lipinski definition) is 4. The van der Waals surface area contributed by atoms with E-state index in [-0.39, 0.29) is 22.8 Å². The maximum Gasteiger partial charge on any atom is 0.416 e. The average molecular weight is 389 g/mol. The monoisotopic (exact) mass is 389 g/mol. The maximum absolute atomic E-state index is 13.0. The molecule has 144 valence electrons. The van der Waals surface area contributed by atoms with Crippen LogP contribution < -0.4 is 10.2 Å². The van der Waals surface area contributed by atoms with Gasteiger partial charge in [0.25, 0.3) is 5.91 Å². The van der Waals surface area contributed by atoms with E-state index in [4.69, 9.17) is 4.42 Å². The predicted octanol–water partition coefficient (Wildman–Crippen LogP) is 4.06. The first-order valence-electron chi connectivity index (χ1n) is 8.35. The summed E-state index contributed by atoms with van der Waals surface area (Å²) < 4.78 is 44.7. The second kappa shape index (κ2) is 6.08. The largest absolute Gasteiger partial charge is 0.430 e. The molecule has 0 radical (unpaired) electrons. The van der Waals surface area contributed by atoms with E-state index in [0.29, 0.717) is 11.1 Å². The number of carbonyl (C=O) groups excluding carboxylic acids is 2. The van der Waals surface area contributed by atoms with Crippen LogP contribution in [0, 0.1) is 13.8 Å². The number of nitrogens with one attached hydrogen (secondary N) is 1. The fourth-order valence-corrected chi connectivity index (χ4v) is 3.29. The second-order valence-electron chi connectivity index (χ2n) is 6.55. The number of pyridine rings is 1. The van der Waals surface area contributed by atoms with Crippen molar-refractivity contribution in [1.82, 2.24) is 4.98 Å². The fourth-order valence-electron chi connectivity index (χ4n) is 3.29. The summed E-state index contributed by atoms with van der Waals surface area (Å²) in [5.74, 6) is -1.44. The number of fused-ring (bicyclic) bond motifs is 3. The average Bonchev–Trinajstić information content (AvgIpc) is 2.91. The first-order chi connectivity index (χ1) is 13.1. The van der Waals surface area contributed by atoms with Crippen LogP contribution in [0.5, 0.6) is 0 Å². The van der Waals surface area contributed by atoms with Crippen molar-refractivity contribution in [1.29, 1.82) is 0 Å². The molecule has 0 spiro atoms. The molecular weight excluding hydrogens is 375 g/mol. The summed E-state index contributed by atoms with van der Waals surface area (Å²) in [6.07, 6.45) is -4.57. The van der Waals surface area contributed by atoms with Gasteiger partial charge in [0, 0.05) is 11.4 Å². The molecule has 2 amide bonds. The number of anilines is 2. The highest BCUT2D eigenvalue weighted by atomic mass is 19.4. The third kappa shape index (κ3) is 2.88. The molecule has 6 nitrogen and oxygen atoms in total. The molecule has 0 atom stereocenters. The summed E-state index contributed by atoms with van der Waals surface area (Å²) in [7, 11) is 0. The number of carbonyl (C=O) groups is 2. The van der Waals surface area contributed by atoms with Crippen molar-refractivity contribution in [3.63, 3.8) is 0 Å². The highest BCUT2D eigenvalue weighted by Gasteiger charge is 2.35. The molecule has 3 heterocycles. The summed E-state index contributed by atoms with van der Waals surface area (Å²) in [6, 6.07) is 6.02. The summed E-state index contributed by atoms with van der Waals surface area (Å²) in [5.41, 5.74) is 0.826. The molecular formula is C19H14F3N3O3. The molecule has 2 aromatic heterocycles. The van der Waals surface area contributed by atoms with E-state index >= 15 is 0 Å². The topological polar surface area (TPSA) is 75.4 Å². The van der Waals surface area contributed by atoms with Crippen LogP contribution in [0.25, 0.3) is 11.1 Å². The molecule has 0 aliphatic carbocycles. The van der Waals surface area contributed by atoms with E-state index in [1.54, 1.807) is 19.9 Å². The number of furan rings is 1. The Morgan fingerprint density at radius 3 is 2.64 bits per heavy atom. The van der Waals surface area contributed by atoms with Crippen LogP contribution in [-0.4, -0.2) is 23.3 Å². The third-order valence-electron chi connectivity index (χ3n) is 4.48. The molecule has 1 aliphatic rings. The van der Waals surface area contributed by atoms with Gasteiger partial charge in [-0.2, -0.15) is 13.2 Å². The predicted molar refractivity (Wildman–Crippen MR) is 95.2 cm³/mol. The van der Waals surface area contributed by atoms with Crippen molar-refractivity contribution in [3.8, 4) is 0 Å². The van der Waals surface area contributed by atoms with E-state index in [9.17, 15) is 22.8 Å². The Morgan fingerprint density at radius 2 is 1.93 bits per heavy atom. The molecule has 9 heteroatoms. The molecule has 1 N–H and O–H groups in total. The molecule has 1 aromatic carbocycles. The van der Waals surface area contributed by atoms with Crippen LogP contribution >= 0.6 is 0 Å². The molecule has 0 saturated heterocycles. The van der Waals surface area contributed by atoms with Crippen molar-refractivity contribution in [2.24, 2.45) is 0 Å². The van der Waals surface area contributed by atoms with Crippen molar-refractivity contribution in [3.05, 3.63) is 52.9 Å². The van der Waals surface area contributed by atoms with E-state index in [0.717, 1.165) is 22.6 Å².